The highest BCUT2D eigenvalue weighted by atomic mass is 16.4. The summed E-state index contributed by atoms with van der Waals surface area (Å²) >= 11 is 0. The normalized spacial score (nSPS) is 30.5. The standard InChI is InChI=1S/C6H10N2O3/c1-3-7-2-4(9)5(8-3)6(10)11/h2-3,5,7-9H,1H3,(H,10,11). The molecule has 2 atom stereocenters. The number of rotatable bonds is 1. The average Bonchev–Trinajstić information content (AvgIpc) is 1.94. The summed E-state index contributed by atoms with van der Waals surface area (Å²) < 4.78 is 0. The van der Waals surface area contributed by atoms with E-state index >= 15 is 0 Å². The van der Waals surface area contributed by atoms with Crippen LogP contribution in [0.4, 0.5) is 0 Å². The number of hydrogen-bond acceptors (Lipinski definition) is 4. The van der Waals surface area contributed by atoms with Crippen LogP contribution in [0.1, 0.15) is 6.92 Å². The van der Waals surface area contributed by atoms with Gasteiger partial charge in [-0.05, 0) is 6.92 Å². The van der Waals surface area contributed by atoms with Crippen LogP contribution in [-0.2, 0) is 4.79 Å². The molecule has 0 amide bonds. The van der Waals surface area contributed by atoms with Gasteiger partial charge in [-0.3, -0.25) is 10.1 Å². The first-order chi connectivity index (χ1) is 5.11. The lowest BCUT2D eigenvalue weighted by molar-refractivity contribution is -0.139. The molecule has 2 unspecified atom stereocenters. The van der Waals surface area contributed by atoms with Gasteiger partial charge in [0.15, 0.2) is 6.04 Å². The maximum atomic E-state index is 10.4. The lowest BCUT2D eigenvalue weighted by atomic mass is 10.2. The SMILES string of the molecule is CC1NC=C(O)C(C(=O)O)N1. The molecule has 1 heterocycles. The smallest absolute Gasteiger partial charge is 0.328 e. The third-order valence-corrected chi connectivity index (χ3v) is 1.44. The maximum Gasteiger partial charge on any atom is 0.328 e. The van der Waals surface area contributed by atoms with Crippen molar-refractivity contribution in [3.63, 3.8) is 0 Å². The predicted molar refractivity (Wildman–Crippen MR) is 37.9 cm³/mol. The van der Waals surface area contributed by atoms with Gasteiger partial charge in [-0.15, -0.1) is 0 Å². The van der Waals surface area contributed by atoms with Crippen LogP contribution >= 0.6 is 0 Å². The molecule has 0 aromatic carbocycles. The Morgan fingerprint density at radius 1 is 1.73 bits per heavy atom. The van der Waals surface area contributed by atoms with E-state index in [9.17, 15) is 4.79 Å². The van der Waals surface area contributed by atoms with Gasteiger partial charge in [-0.25, -0.2) is 0 Å². The first-order valence-electron chi connectivity index (χ1n) is 3.25. The van der Waals surface area contributed by atoms with Gasteiger partial charge < -0.3 is 15.5 Å². The minimum Gasteiger partial charge on any atom is -0.508 e. The van der Waals surface area contributed by atoms with Gasteiger partial charge >= 0.3 is 5.97 Å². The third kappa shape index (κ3) is 1.62. The van der Waals surface area contributed by atoms with E-state index in [0.29, 0.717) is 0 Å². The summed E-state index contributed by atoms with van der Waals surface area (Å²) in [6, 6.07) is -0.980. The summed E-state index contributed by atoms with van der Waals surface area (Å²) in [6.07, 6.45) is 1.16. The van der Waals surface area contributed by atoms with E-state index in [4.69, 9.17) is 10.2 Å². The lowest BCUT2D eigenvalue weighted by Crippen LogP contribution is -2.52. The number of hydrogen-bond donors (Lipinski definition) is 4. The summed E-state index contributed by atoms with van der Waals surface area (Å²) in [4.78, 5) is 10.4. The first kappa shape index (κ1) is 7.87. The second-order valence-electron chi connectivity index (χ2n) is 2.40. The summed E-state index contributed by atoms with van der Waals surface area (Å²) in [7, 11) is 0. The van der Waals surface area contributed by atoms with Gasteiger partial charge in [0.1, 0.15) is 5.76 Å². The fourth-order valence-corrected chi connectivity index (χ4v) is 0.875. The van der Waals surface area contributed by atoms with Gasteiger partial charge in [-0.1, -0.05) is 0 Å². The number of aliphatic hydroxyl groups is 1. The fraction of sp³-hybridized carbons (Fsp3) is 0.500. The fourth-order valence-electron chi connectivity index (χ4n) is 0.875. The minimum absolute atomic E-state index is 0.132. The highest BCUT2D eigenvalue weighted by Crippen LogP contribution is 2.02. The van der Waals surface area contributed by atoms with Gasteiger partial charge in [0, 0.05) is 6.20 Å². The molecule has 62 valence electrons. The van der Waals surface area contributed by atoms with Crippen molar-refractivity contribution in [1.29, 1.82) is 0 Å². The quantitative estimate of drug-likeness (QED) is 0.409. The molecule has 0 saturated carbocycles. The summed E-state index contributed by atoms with van der Waals surface area (Å²) in [5.74, 6) is -1.28. The number of carboxylic acids is 1. The topological polar surface area (TPSA) is 81.6 Å². The molecule has 0 aliphatic carbocycles. The van der Waals surface area contributed by atoms with E-state index in [1.165, 1.54) is 6.20 Å². The summed E-state index contributed by atoms with van der Waals surface area (Å²) in [6.45, 7) is 1.76. The van der Waals surface area contributed by atoms with Crippen molar-refractivity contribution in [2.75, 3.05) is 0 Å². The van der Waals surface area contributed by atoms with Crippen molar-refractivity contribution >= 4 is 5.97 Å². The van der Waals surface area contributed by atoms with Crippen molar-refractivity contribution in [3.8, 4) is 0 Å². The predicted octanol–water partition coefficient (Wildman–Crippen LogP) is -0.622. The molecule has 4 N–H and O–H groups in total. The van der Waals surface area contributed by atoms with Gasteiger partial charge in [-0.2, -0.15) is 0 Å². The molecule has 0 aromatic rings. The number of carbonyl (C=O) groups is 1. The number of carboxylic acid groups (broad SMARTS) is 1. The number of aliphatic hydroxyl groups excluding tert-OH is 1. The van der Waals surface area contributed by atoms with Crippen LogP contribution in [0.3, 0.4) is 0 Å². The average molecular weight is 158 g/mol. The van der Waals surface area contributed by atoms with E-state index in [1.807, 2.05) is 0 Å². The van der Waals surface area contributed by atoms with E-state index in [2.05, 4.69) is 10.6 Å². The maximum absolute atomic E-state index is 10.4. The molecule has 5 heteroatoms. The molecule has 0 spiro atoms. The number of nitrogens with one attached hydrogen (secondary N) is 2. The van der Waals surface area contributed by atoms with E-state index in [0.717, 1.165) is 0 Å². The Hall–Kier alpha value is -1.23. The molecule has 0 fully saturated rings. The first-order valence-corrected chi connectivity index (χ1v) is 3.25. The molecule has 0 bridgehead atoms. The molecule has 0 aromatic heterocycles. The van der Waals surface area contributed by atoms with E-state index in [-0.39, 0.29) is 11.9 Å². The van der Waals surface area contributed by atoms with E-state index < -0.39 is 12.0 Å². The Kier molecular flexibility index (Phi) is 2.00. The molecule has 0 radical (unpaired) electrons. The second-order valence-corrected chi connectivity index (χ2v) is 2.40. The zero-order valence-corrected chi connectivity index (χ0v) is 6.03. The largest absolute Gasteiger partial charge is 0.508 e. The van der Waals surface area contributed by atoms with Gasteiger partial charge in [0.2, 0.25) is 0 Å². The molecule has 1 aliphatic heterocycles. The van der Waals surface area contributed by atoms with Crippen LogP contribution in [-0.4, -0.2) is 28.4 Å². The van der Waals surface area contributed by atoms with Crippen LogP contribution in [0.15, 0.2) is 12.0 Å². The van der Waals surface area contributed by atoms with Gasteiger partial charge in [0.05, 0.1) is 6.17 Å². The Balaban J connectivity index is 2.71. The Bertz CT molecular complexity index is 202. The summed E-state index contributed by atoms with van der Waals surface area (Å²) in [5.41, 5.74) is 0. The van der Waals surface area contributed by atoms with Crippen molar-refractivity contribution < 1.29 is 15.0 Å². The van der Waals surface area contributed by atoms with Crippen LogP contribution in [0.5, 0.6) is 0 Å². The zero-order chi connectivity index (χ0) is 8.43. The van der Waals surface area contributed by atoms with Crippen LogP contribution in [0.2, 0.25) is 0 Å². The number of aliphatic carboxylic acids is 1. The molecular formula is C6H10N2O3. The van der Waals surface area contributed by atoms with Crippen molar-refractivity contribution in [2.24, 2.45) is 0 Å². The lowest BCUT2D eigenvalue weighted by Gasteiger charge is -2.24. The van der Waals surface area contributed by atoms with E-state index in [1.54, 1.807) is 6.92 Å². The Labute approximate surface area is 63.7 Å². The molecule has 1 aliphatic rings. The van der Waals surface area contributed by atoms with Crippen LogP contribution in [0.25, 0.3) is 0 Å². The van der Waals surface area contributed by atoms with Crippen molar-refractivity contribution in [3.05, 3.63) is 12.0 Å². The van der Waals surface area contributed by atoms with Crippen LogP contribution in [0, 0.1) is 0 Å². The molecular weight excluding hydrogens is 148 g/mol. The highest BCUT2D eigenvalue weighted by molar-refractivity contribution is 5.76. The summed E-state index contributed by atoms with van der Waals surface area (Å²) in [5, 5.41) is 22.9. The Morgan fingerprint density at radius 2 is 2.36 bits per heavy atom. The second kappa shape index (κ2) is 2.79. The minimum atomic E-state index is -1.08. The highest BCUT2D eigenvalue weighted by Gasteiger charge is 2.26. The monoisotopic (exact) mass is 158 g/mol. The Morgan fingerprint density at radius 3 is 2.82 bits per heavy atom. The molecule has 0 saturated heterocycles. The van der Waals surface area contributed by atoms with Crippen LogP contribution < -0.4 is 10.6 Å². The molecule has 1 rings (SSSR count). The zero-order valence-electron chi connectivity index (χ0n) is 6.03. The van der Waals surface area contributed by atoms with Crippen molar-refractivity contribution in [2.45, 2.75) is 19.1 Å². The van der Waals surface area contributed by atoms with Crippen molar-refractivity contribution in [1.82, 2.24) is 10.6 Å². The van der Waals surface area contributed by atoms with Gasteiger partial charge in [0.25, 0.3) is 0 Å². The molecule has 11 heavy (non-hydrogen) atoms. The molecule has 5 nitrogen and oxygen atoms in total. The third-order valence-electron chi connectivity index (χ3n) is 1.44.